The van der Waals surface area contributed by atoms with Gasteiger partial charge in [0.05, 0.1) is 12.0 Å². The molecule has 5 heteroatoms. The molecule has 0 fully saturated rings. The molecule has 70 valence electrons. The molecule has 12 heavy (non-hydrogen) atoms. The Kier molecular flexibility index (Phi) is 4.73. The molecule has 0 aliphatic heterocycles. The zero-order valence-corrected chi connectivity index (χ0v) is 7.91. The Morgan fingerprint density at radius 2 is 2.08 bits per heavy atom. The molecular weight excluding hydrogens is 178 g/mol. The van der Waals surface area contributed by atoms with Crippen LogP contribution in [-0.4, -0.2) is 28.8 Å². The van der Waals surface area contributed by atoms with E-state index in [2.05, 4.69) is 17.9 Å². The van der Waals surface area contributed by atoms with Gasteiger partial charge in [0.2, 0.25) is 6.41 Å². The van der Waals surface area contributed by atoms with Crippen LogP contribution in [-0.2, 0) is 9.59 Å². The third kappa shape index (κ3) is 3.13. The van der Waals surface area contributed by atoms with Gasteiger partial charge in [-0.2, -0.15) is 12.6 Å². The number of thiol groups is 1. The van der Waals surface area contributed by atoms with Gasteiger partial charge in [0, 0.05) is 5.25 Å². The molecular formula is C7H13NO3S. The van der Waals surface area contributed by atoms with Gasteiger partial charge < -0.3 is 10.4 Å². The highest BCUT2D eigenvalue weighted by Crippen LogP contribution is 2.11. The lowest BCUT2D eigenvalue weighted by atomic mass is 10.00. The minimum absolute atomic E-state index is 0.179. The van der Waals surface area contributed by atoms with Gasteiger partial charge in [-0.15, -0.1) is 0 Å². The monoisotopic (exact) mass is 191 g/mol. The molecule has 0 heterocycles. The number of hydrogen-bond donors (Lipinski definition) is 3. The quantitative estimate of drug-likeness (QED) is 0.428. The Bertz CT molecular complexity index is 172. The van der Waals surface area contributed by atoms with E-state index in [1.54, 1.807) is 6.92 Å². The average molecular weight is 191 g/mol. The van der Waals surface area contributed by atoms with Crippen LogP contribution in [0.15, 0.2) is 0 Å². The first-order valence-corrected chi connectivity index (χ1v) is 4.13. The van der Waals surface area contributed by atoms with Crippen LogP contribution in [0.2, 0.25) is 0 Å². The zero-order chi connectivity index (χ0) is 9.72. The summed E-state index contributed by atoms with van der Waals surface area (Å²) >= 11 is 4.08. The number of carbonyl (C=O) groups is 2. The van der Waals surface area contributed by atoms with Crippen LogP contribution in [0.1, 0.15) is 13.8 Å². The van der Waals surface area contributed by atoms with Crippen molar-refractivity contribution in [2.24, 2.45) is 5.92 Å². The van der Waals surface area contributed by atoms with Crippen molar-refractivity contribution in [3.05, 3.63) is 0 Å². The smallest absolute Gasteiger partial charge is 0.308 e. The van der Waals surface area contributed by atoms with E-state index in [0.29, 0.717) is 6.41 Å². The number of carboxylic acids is 1. The number of nitrogens with one attached hydrogen (secondary N) is 1. The normalized spacial score (nSPS) is 17.6. The molecule has 0 bridgehead atoms. The van der Waals surface area contributed by atoms with Crippen LogP contribution in [0, 0.1) is 5.92 Å². The number of carboxylic acid groups (broad SMARTS) is 1. The average Bonchev–Trinajstić information content (AvgIpc) is 1.98. The summed E-state index contributed by atoms with van der Waals surface area (Å²) in [7, 11) is 0. The number of hydrogen-bond acceptors (Lipinski definition) is 3. The number of rotatable bonds is 5. The van der Waals surface area contributed by atoms with Crippen molar-refractivity contribution >= 4 is 25.0 Å². The summed E-state index contributed by atoms with van der Waals surface area (Å²) in [6.07, 6.45) is 0.497. The molecule has 0 aliphatic rings. The first kappa shape index (κ1) is 11.3. The van der Waals surface area contributed by atoms with Crippen LogP contribution in [0.25, 0.3) is 0 Å². The van der Waals surface area contributed by atoms with Crippen LogP contribution >= 0.6 is 12.6 Å². The molecule has 3 unspecified atom stereocenters. The largest absolute Gasteiger partial charge is 0.481 e. The maximum absolute atomic E-state index is 10.5. The van der Waals surface area contributed by atoms with E-state index >= 15 is 0 Å². The van der Waals surface area contributed by atoms with Crippen molar-refractivity contribution in [2.75, 3.05) is 0 Å². The molecule has 0 aromatic carbocycles. The summed E-state index contributed by atoms with van der Waals surface area (Å²) < 4.78 is 0. The molecule has 0 rings (SSSR count). The Morgan fingerprint density at radius 1 is 1.58 bits per heavy atom. The van der Waals surface area contributed by atoms with E-state index < -0.39 is 17.9 Å². The van der Waals surface area contributed by atoms with Crippen LogP contribution in [0.5, 0.6) is 0 Å². The highest BCUT2D eigenvalue weighted by Gasteiger charge is 2.25. The van der Waals surface area contributed by atoms with E-state index in [-0.39, 0.29) is 5.25 Å². The van der Waals surface area contributed by atoms with Crippen LogP contribution < -0.4 is 5.32 Å². The summed E-state index contributed by atoms with van der Waals surface area (Å²) in [5, 5.41) is 10.9. The lowest BCUT2D eigenvalue weighted by Gasteiger charge is -2.22. The van der Waals surface area contributed by atoms with Gasteiger partial charge in [0.15, 0.2) is 0 Å². The minimum atomic E-state index is -0.935. The molecule has 0 aromatic rings. The van der Waals surface area contributed by atoms with Gasteiger partial charge >= 0.3 is 5.97 Å². The molecule has 0 saturated heterocycles. The van der Waals surface area contributed by atoms with Crippen molar-refractivity contribution in [2.45, 2.75) is 25.1 Å². The molecule has 4 nitrogen and oxygen atoms in total. The van der Waals surface area contributed by atoms with E-state index in [4.69, 9.17) is 5.11 Å². The van der Waals surface area contributed by atoms with E-state index in [1.165, 1.54) is 6.92 Å². The second-order valence-electron chi connectivity index (χ2n) is 2.68. The highest BCUT2D eigenvalue weighted by molar-refractivity contribution is 7.81. The topological polar surface area (TPSA) is 66.4 Å². The lowest BCUT2D eigenvalue weighted by Crippen LogP contribution is -2.43. The van der Waals surface area contributed by atoms with Gasteiger partial charge in [-0.3, -0.25) is 9.59 Å². The van der Waals surface area contributed by atoms with Gasteiger partial charge in [-0.25, -0.2) is 0 Å². The molecule has 0 spiro atoms. The van der Waals surface area contributed by atoms with Gasteiger partial charge in [-0.1, -0.05) is 6.92 Å². The molecule has 0 saturated carbocycles. The van der Waals surface area contributed by atoms with E-state index in [1.807, 2.05) is 0 Å². The second kappa shape index (κ2) is 5.03. The van der Waals surface area contributed by atoms with Gasteiger partial charge in [0.1, 0.15) is 0 Å². The summed E-state index contributed by atoms with van der Waals surface area (Å²) in [6.45, 7) is 3.28. The molecule has 2 N–H and O–H groups in total. The fourth-order valence-corrected chi connectivity index (χ4v) is 1.28. The Hall–Kier alpha value is -0.710. The van der Waals surface area contributed by atoms with Crippen molar-refractivity contribution < 1.29 is 14.7 Å². The summed E-state index contributed by atoms with van der Waals surface area (Å²) in [4.78, 5) is 20.6. The van der Waals surface area contributed by atoms with Crippen molar-refractivity contribution in [1.82, 2.24) is 5.32 Å². The van der Waals surface area contributed by atoms with Gasteiger partial charge in [0.25, 0.3) is 0 Å². The number of carbonyl (C=O) groups excluding carboxylic acids is 1. The Balaban J connectivity index is 4.27. The first-order chi connectivity index (χ1) is 5.50. The SMILES string of the molecule is CC(S)C(NC=O)C(C)C(=O)O. The lowest BCUT2D eigenvalue weighted by molar-refractivity contribution is -0.142. The number of amides is 1. The van der Waals surface area contributed by atoms with Crippen molar-refractivity contribution in [3.63, 3.8) is 0 Å². The third-order valence-corrected chi connectivity index (χ3v) is 2.03. The highest BCUT2D eigenvalue weighted by atomic mass is 32.1. The van der Waals surface area contributed by atoms with Crippen LogP contribution in [0.3, 0.4) is 0 Å². The minimum Gasteiger partial charge on any atom is -0.481 e. The maximum atomic E-state index is 10.5. The summed E-state index contributed by atoms with van der Waals surface area (Å²) in [5.74, 6) is -1.56. The molecule has 3 atom stereocenters. The van der Waals surface area contributed by atoms with E-state index in [0.717, 1.165) is 0 Å². The number of aliphatic carboxylic acids is 1. The zero-order valence-electron chi connectivity index (χ0n) is 7.02. The summed E-state index contributed by atoms with van der Waals surface area (Å²) in [6, 6.07) is -0.427. The van der Waals surface area contributed by atoms with Crippen molar-refractivity contribution in [1.29, 1.82) is 0 Å². The second-order valence-corrected chi connectivity index (χ2v) is 3.49. The first-order valence-electron chi connectivity index (χ1n) is 3.61. The molecule has 0 aliphatic carbocycles. The Morgan fingerprint density at radius 3 is 2.33 bits per heavy atom. The van der Waals surface area contributed by atoms with Crippen LogP contribution in [0.4, 0.5) is 0 Å². The van der Waals surface area contributed by atoms with Gasteiger partial charge in [-0.05, 0) is 6.92 Å². The molecule has 0 radical (unpaired) electrons. The molecule has 1 amide bonds. The molecule has 0 aromatic heterocycles. The predicted octanol–water partition coefficient (Wildman–Crippen LogP) is 0.140. The standard InChI is InChI=1S/C7H13NO3S/c1-4(7(10)11)6(5(2)12)8-3-9/h3-6,12H,1-2H3,(H,8,9)(H,10,11). The fraction of sp³-hybridized carbons (Fsp3) is 0.714. The van der Waals surface area contributed by atoms with E-state index in [9.17, 15) is 9.59 Å². The fourth-order valence-electron chi connectivity index (χ4n) is 0.934. The third-order valence-electron chi connectivity index (χ3n) is 1.71. The van der Waals surface area contributed by atoms with Crippen molar-refractivity contribution in [3.8, 4) is 0 Å². The Labute approximate surface area is 76.8 Å². The predicted molar refractivity (Wildman–Crippen MR) is 48.2 cm³/mol. The summed E-state index contributed by atoms with van der Waals surface area (Å²) in [5.41, 5.74) is 0. The maximum Gasteiger partial charge on any atom is 0.308 e.